The second kappa shape index (κ2) is 5.77. The maximum Gasteiger partial charge on any atom is 0.238 e. The second-order valence-electron chi connectivity index (χ2n) is 5.59. The van der Waals surface area contributed by atoms with Crippen molar-refractivity contribution in [1.29, 1.82) is 0 Å². The lowest BCUT2D eigenvalue weighted by atomic mass is 10.2. The third-order valence-corrected chi connectivity index (χ3v) is 5.63. The molecule has 0 unspecified atom stereocenters. The molecule has 0 saturated carbocycles. The van der Waals surface area contributed by atoms with Crippen LogP contribution in [-0.2, 0) is 14.6 Å². The molecule has 22 heavy (non-hydrogen) atoms. The van der Waals surface area contributed by atoms with E-state index < -0.39 is 9.84 Å². The molecular formula is C14H18N2O5S. The summed E-state index contributed by atoms with van der Waals surface area (Å²) in [5, 5.41) is 2.78. The Hall–Kier alpha value is -1.80. The van der Waals surface area contributed by atoms with Crippen molar-refractivity contribution in [2.24, 2.45) is 0 Å². The van der Waals surface area contributed by atoms with Gasteiger partial charge in [-0.1, -0.05) is 0 Å². The number of sulfone groups is 1. The van der Waals surface area contributed by atoms with Crippen LogP contribution in [0, 0.1) is 0 Å². The fourth-order valence-corrected chi connectivity index (χ4v) is 4.46. The van der Waals surface area contributed by atoms with E-state index in [4.69, 9.17) is 9.47 Å². The van der Waals surface area contributed by atoms with E-state index in [-0.39, 0.29) is 36.8 Å². The minimum Gasteiger partial charge on any atom is -0.454 e. The van der Waals surface area contributed by atoms with Gasteiger partial charge >= 0.3 is 0 Å². The van der Waals surface area contributed by atoms with E-state index in [9.17, 15) is 13.2 Å². The number of ether oxygens (including phenoxy) is 2. The summed E-state index contributed by atoms with van der Waals surface area (Å²) in [6.45, 7) is 0.334. The van der Waals surface area contributed by atoms with Gasteiger partial charge in [0.2, 0.25) is 12.7 Å². The highest BCUT2D eigenvalue weighted by atomic mass is 32.2. The maximum absolute atomic E-state index is 12.1. The predicted molar refractivity (Wildman–Crippen MR) is 80.9 cm³/mol. The number of carbonyl (C=O) groups excluding carboxylic acids is 1. The van der Waals surface area contributed by atoms with E-state index in [1.807, 2.05) is 0 Å². The van der Waals surface area contributed by atoms with Gasteiger partial charge in [0, 0.05) is 17.8 Å². The van der Waals surface area contributed by atoms with Crippen molar-refractivity contribution in [2.75, 3.05) is 37.2 Å². The fourth-order valence-electron chi connectivity index (χ4n) is 2.65. The van der Waals surface area contributed by atoms with Gasteiger partial charge in [0.1, 0.15) is 0 Å². The van der Waals surface area contributed by atoms with Gasteiger partial charge in [0.15, 0.2) is 21.3 Å². The first-order chi connectivity index (χ1) is 10.4. The molecule has 2 aliphatic rings. The quantitative estimate of drug-likeness (QED) is 0.866. The first kappa shape index (κ1) is 15.1. The van der Waals surface area contributed by atoms with Crippen LogP contribution in [0.2, 0.25) is 0 Å². The summed E-state index contributed by atoms with van der Waals surface area (Å²) in [5.41, 5.74) is 0.627. The number of nitrogens with one attached hydrogen (secondary N) is 1. The smallest absolute Gasteiger partial charge is 0.238 e. The molecule has 1 aromatic carbocycles. The molecule has 1 aromatic rings. The largest absolute Gasteiger partial charge is 0.454 e. The van der Waals surface area contributed by atoms with Crippen LogP contribution in [0.25, 0.3) is 0 Å². The standard InChI is InChI=1S/C14H18N2O5S/c1-16(11-4-5-22(18,19)8-11)7-14(17)15-10-2-3-12-13(6-10)21-9-20-12/h2-3,6,11H,4-5,7-9H2,1H3,(H,15,17)/t11-/m0/s1. The topological polar surface area (TPSA) is 84.9 Å². The van der Waals surface area contributed by atoms with Crippen LogP contribution in [0.3, 0.4) is 0 Å². The number of rotatable bonds is 4. The van der Waals surface area contributed by atoms with Gasteiger partial charge in [-0.3, -0.25) is 9.69 Å². The third kappa shape index (κ3) is 3.33. The Bertz CT molecular complexity index is 688. The molecule has 0 radical (unpaired) electrons. The summed E-state index contributed by atoms with van der Waals surface area (Å²) >= 11 is 0. The number of nitrogens with zero attached hydrogens (tertiary/aromatic N) is 1. The Morgan fingerprint density at radius 2 is 2.14 bits per heavy atom. The van der Waals surface area contributed by atoms with Crippen molar-refractivity contribution in [1.82, 2.24) is 4.90 Å². The average Bonchev–Trinajstić information content (AvgIpc) is 3.04. The lowest BCUT2D eigenvalue weighted by Crippen LogP contribution is -2.38. The van der Waals surface area contributed by atoms with E-state index in [2.05, 4.69) is 5.32 Å². The van der Waals surface area contributed by atoms with Crippen LogP contribution >= 0.6 is 0 Å². The first-order valence-electron chi connectivity index (χ1n) is 7.03. The Labute approximate surface area is 129 Å². The summed E-state index contributed by atoms with van der Waals surface area (Å²) in [7, 11) is -1.18. The number of amides is 1. The van der Waals surface area contributed by atoms with Gasteiger partial charge in [0.25, 0.3) is 0 Å². The number of likely N-dealkylation sites (N-methyl/N-ethyl adjacent to an activating group) is 1. The summed E-state index contributed by atoms with van der Waals surface area (Å²) in [6.07, 6.45) is 0.580. The minimum absolute atomic E-state index is 0.0903. The van der Waals surface area contributed by atoms with Crippen LogP contribution in [0.15, 0.2) is 18.2 Å². The molecule has 8 heteroatoms. The van der Waals surface area contributed by atoms with Gasteiger partial charge < -0.3 is 14.8 Å². The van der Waals surface area contributed by atoms with Crippen molar-refractivity contribution in [3.05, 3.63) is 18.2 Å². The molecule has 3 rings (SSSR count). The van der Waals surface area contributed by atoms with Crippen molar-refractivity contribution >= 4 is 21.4 Å². The molecule has 1 atom stereocenters. The normalized spacial score (nSPS) is 22.0. The van der Waals surface area contributed by atoms with Crippen LogP contribution in [0.1, 0.15) is 6.42 Å². The van der Waals surface area contributed by atoms with Crippen molar-refractivity contribution < 1.29 is 22.7 Å². The summed E-state index contributed by atoms with van der Waals surface area (Å²) in [6, 6.07) is 5.10. The predicted octanol–water partition coefficient (Wildman–Crippen LogP) is 0.473. The molecule has 0 aromatic heterocycles. The third-order valence-electron chi connectivity index (χ3n) is 3.88. The van der Waals surface area contributed by atoms with Crippen LogP contribution in [0.5, 0.6) is 11.5 Å². The molecule has 1 N–H and O–H groups in total. The number of anilines is 1. The van der Waals surface area contributed by atoms with Gasteiger partial charge in [-0.05, 0) is 25.6 Å². The zero-order chi connectivity index (χ0) is 15.7. The maximum atomic E-state index is 12.1. The molecule has 0 bridgehead atoms. The average molecular weight is 326 g/mol. The lowest BCUT2D eigenvalue weighted by Gasteiger charge is -2.22. The number of fused-ring (bicyclic) bond motifs is 1. The monoisotopic (exact) mass is 326 g/mol. The number of hydrogen-bond acceptors (Lipinski definition) is 6. The van der Waals surface area contributed by atoms with Crippen LogP contribution in [0.4, 0.5) is 5.69 Å². The van der Waals surface area contributed by atoms with Crippen molar-refractivity contribution in [3.63, 3.8) is 0 Å². The molecule has 120 valence electrons. The highest BCUT2D eigenvalue weighted by molar-refractivity contribution is 7.91. The van der Waals surface area contributed by atoms with Gasteiger partial charge in [-0.15, -0.1) is 0 Å². The Balaban J connectivity index is 1.56. The first-order valence-corrected chi connectivity index (χ1v) is 8.85. The van der Waals surface area contributed by atoms with E-state index in [0.717, 1.165) is 0 Å². The molecule has 1 amide bonds. The van der Waals surface area contributed by atoms with Crippen molar-refractivity contribution in [2.45, 2.75) is 12.5 Å². The molecule has 2 heterocycles. The Kier molecular flexibility index (Phi) is 3.96. The highest BCUT2D eigenvalue weighted by Crippen LogP contribution is 2.34. The second-order valence-corrected chi connectivity index (χ2v) is 7.82. The minimum atomic E-state index is -2.95. The van der Waals surface area contributed by atoms with Gasteiger partial charge in [0.05, 0.1) is 18.1 Å². The van der Waals surface area contributed by atoms with E-state index >= 15 is 0 Å². The summed E-state index contributed by atoms with van der Waals surface area (Å²) in [5.74, 6) is 1.40. The van der Waals surface area contributed by atoms with E-state index in [1.165, 1.54) is 0 Å². The highest BCUT2D eigenvalue weighted by Gasteiger charge is 2.31. The van der Waals surface area contributed by atoms with Gasteiger partial charge in [-0.2, -0.15) is 0 Å². The van der Waals surface area contributed by atoms with E-state index in [1.54, 1.807) is 30.1 Å². The van der Waals surface area contributed by atoms with Crippen LogP contribution < -0.4 is 14.8 Å². The summed E-state index contributed by atoms with van der Waals surface area (Å²) in [4.78, 5) is 13.9. The zero-order valence-corrected chi connectivity index (χ0v) is 13.1. The SMILES string of the molecule is CN(CC(=O)Nc1ccc2c(c1)OCO2)[C@H]1CCS(=O)(=O)C1. The molecule has 1 fully saturated rings. The van der Waals surface area contributed by atoms with Crippen LogP contribution in [-0.4, -0.2) is 57.2 Å². The number of hydrogen-bond donors (Lipinski definition) is 1. The Morgan fingerprint density at radius 3 is 2.86 bits per heavy atom. The van der Waals surface area contributed by atoms with Crippen molar-refractivity contribution in [3.8, 4) is 11.5 Å². The molecule has 7 nitrogen and oxygen atoms in total. The molecule has 1 saturated heterocycles. The molecular weight excluding hydrogens is 308 g/mol. The molecule has 0 spiro atoms. The fraction of sp³-hybridized carbons (Fsp3) is 0.500. The molecule has 0 aliphatic carbocycles. The lowest BCUT2D eigenvalue weighted by molar-refractivity contribution is -0.117. The van der Waals surface area contributed by atoms with Gasteiger partial charge in [-0.25, -0.2) is 8.42 Å². The zero-order valence-electron chi connectivity index (χ0n) is 12.2. The summed E-state index contributed by atoms with van der Waals surface area (Å²) < 4.78 is 33.4. The number of carbonyl (C=O) groups is 1. The van der Waals surface area contributed by atoms with E-state index in [0.29, 0.717) is 23.6 Å². The number of benzene rings is 1. The molecule has 2 aliphatic heterocycles. The Morgan fingerprint density at radius 1 is 1.36 bits per heavy atom.